The van der Waals surface area contributed by atoms with Crippen LogP contribution in [0, 0.1) is 10.4 Å². The molecule has 0 bridgehead atoms. The van der Waals surface area contributed by atoms with E-state index in [1.54, 1.807) is 12.1 Å². The van der Waals surface area contributed by atoms with Gasteiger partial charge in [-0.3, -0.25) is 0 Å². The molecule has 2 aromatic carbocycles. The van der Waals surface area contributed by atoms with Crippen molar-refractivity contribution in [1.29, 1.82) is 0 Å². The molecule has 2 aromatic heterocycles. The van der Waals surface area contributed by atoms with Crippen molar-refractivity contribution in [3.8, 4) is 28.1 Å². The molecule has 0 aliphatic carbocycles. The zero-order valence-corrected chi connectivity index (χ0v) is 15.1. The Hall–Kier alpha value is -3.86. The van der Waals surface area contributed by atoms with Crippen molar-refractivity contribution in [1.82, 2.24) is 0 Å². The van der Waals surface area contributed by atoms with Gasteiger partial charge in [0.1, 0.15) is 12.2 Å². The van der Waals surface area contributed by atoms with Gasteiger partial charge in [-0.25, -0.2) is 0 Å². The Morgan fingerprint density at radius 3 is 2.07 bits per heavy atom. The first kappa shape index (κ1) is 17.5. The summed E-state index contributed by atoms with van der Waals surface area (Å²) in [6, 6.07) is 24.5. The van der Waals surface area contributed by atoms with Gasteiger partial charge in [0.05, 0.1) is 0 Å². The van der Waals surface area contributed by atoms with Crippen LogP contribution in [0.5, 0.6) is 5.75 Å². The number of hydrogen-bond acceptors (Lipinski definition) is 3. The van der Waals surface area contributed by atoms with E-state index in [1.807, 2.05) is 66.7 Å². The Kier molecular flexibility index (Phi) is 4.89. The summed E-state index contributed by atoms with van der Waals surface area (Å²) in [6.45, 7) is 0.379. The molecule has 0 N–H and O–H groups in total. The summed E-state index contributed by atoms with van der Waals surface area (Å²) < 4.78 is 7.14. The first-order valence-electron chi connectivity index (χ1n) is 8.89. The first-order chi connectivity index (χ1) is 13.7. The van der Waals surface area contributed by atoms with E-state index >= 15 is 0 Å². The minimum absolute atomic E-state index is 0.379. The van der Waals surface area contributed by atoms with Crippen molar-refractivity contribution < 1.29 is 14.2 Å². The van der Waals surface area contributed by atoms with Crippen LogP contribution < -0.4 is 14.2 Å². The fourth-order valence-corrected chi connectivity index (χ4v) is 2.99. The average Bonchev–Trinajstić information content (AvgIpc) is 2.73. The van der Waals surface area contributed by atoms with Crippen LogP contribution in [0.25, 0.3) is 22.4 Å². The Morgan fingerprint density at radius 1 is 0.679 bits per heavy atom. The second-order valence-corrected chi connectivity index (χ2v) is 6.39. The number of benzene rings is 2. The van der Waals surface area contributed by atoms with E-state index in [2.05, 4.69) is 0 Å². The molecular weight excluding hydrogens is 352 g/mol. The molecule has 138 valence electrons. The van der Waals surface area contributed by atoms with Crippen molar-refractivity contribution in [3.05, 3.63) is 113 Å². The summed E-state index contributed by atoms with van der Waals surface area (Å²) in [5.41, 5.74) is 3.61. The third-order valence-corrected chi connectivity index (χ3v) is 4.38. The summed E-state index contributed by atoms with van der Waals surface area (Å²) >= 11 is 0. The van der Waals surface area contributed by atoms with Crippen molar-refractivity contribution in [2.45, 2.75) is 6.61 Å². The van der Waals surface area contributed by atoms with Crippen LogP contribution in [-0.2, 0) is 6.61 Å². The second-order valence-electron chi connectivity index (χ2n) is 6.39. The van der Waals surface area contributed by atoms with Gasteiger partial charge in [-0.15, -0.1) is 0 Å². The normalized spacial score (nSPS) is 10.6. The van der Waals surface area contributed by atoms with Gasteiger partial charge in [0.15, 0.2) is 18.1 Å². The highest BCUT2D eigenvalue weighted by molar-refractivity contribution is 5.68. The highest BCUT2D eigenvalue weighted by Gasteiger charge is 2.15. The van der Waals surface area contributed by atoms with Crippen molar-refractivity contribution in [3.63, 3.8) is 0 Å². The second kappa shape index (κ2) is 7.80. The number of hydrogen-bond donors (Lipinski definition) is 0. The topological polar surface area (TPSA) is 63.1 Å². The van der Waals surface area contributed by atoms with Crippen LogP contribution in [-0.4, -0.2) is 0 Å². The summed E-state index contributed by atoms with van der Waals surface area (Å²) in [5, 5.41) is 24.6. The van der Waals surface area contributed by atoms with Crippen LogP contribution in [0.3, 0.4) is 0 Å². The first-order valence-corrected chi connectivity index (χ1v) is 8.89. The van der Waals surface area contributed by atoms with Gasteiger partial charge in [-0.1, -0.05) is 60.7 Å². The molecule has 0 unspecified atom stereocenters. The van der Waals surface area contributed by atoms with Crippen molar-refractivity contribution in [2.75, 3.05) is 0 Å². The van der Waals surface area contributed by atoms with Gasteiger partial charge in [-0.2, -0.15) is 9.46 Å². The lowest BCUT2D eigenvalue weighted by Crippen LogP contribution is -2.31. The molecule has 5 nitrogen and oxygen atoms in total. The number of nitrogens with zero attached hydrogens (tertiary/aromatic N) is 2. The standard InChI is InChI=1S/C23H18N2O3/c26-24-14-20(19-9-5-2-6-10-19)13-21(15-24)23-12-11-22(16-25(23)27)28-17-18-7-3-1-4-8-18/h1-16H,17H2. The summed E-state index contributed by atoms with van der Waals surface area (Å²) in [5.74, 6) is 0.469. The Labute approximate surface area is 162 Å². The minimum atomic E-state index is 0.379. The largest absolute Gasteiger partial charge is 0.619 e. The van der Waals surface area contributed by atoms with E-state index in [-0.39, 0.29) is 0 Å². The molecule has 0 spiro atoms. The van der Waals surface area contributed by atoms with Crippen LogP contribution in [0.4, 0.5) is 0 Å². The Morgan fingerprint density at radius 2 is 1.36 bits per heavy atom. The number of pyridine rings is 2. The molecule has 0 radical (unpaired) electrons. The third-order valence-electron chi connectivity index (χ3n) is 4.38. The van der Waals surface area contributed by atoms with Gasteiger partial charge in [-0.05, 0) is 23.3 Å². The lowest BCUT2D eigenvalue weighted by molar-refractivity contribution is -0.607. The molecule has 5 heteroatoms. The molecule has 0 fully saturated rings. The van der Waals surface area contributed by atoms with Crippen LogP contribution in [0.1, 0.15) is 5.56 Å². The molecule has 28 heavy (non-hydrogen) atoms. The molecular formula is C23H18N2O3. The smallest absolute Gasteiger partial charge is 0.230 e. The minimum Gasteiger partial charge on any atom is -0.619 e. The highest BCUT2D eigenvalue weighted by atomic mass is 16.5. The Bertz CT molecular complexity index is 1080. The number of rotatable bonds is 5. The van der Waals surface area contributed by atoms with E-state index in [0.717, 1.165) is 26.2 Å². The van der Waals surface area contributed by atoms with E-state index < -0.39 is 0 Å². The van der Waals surface area contributed by atoms with Crippen molar-refractivity contribution >= 4 is 0 Å². The lowest BCUT2D eigenvalue weighted by Gasteiger charge is -2.09. The van der Waals surface area contributed by atoms with E-state index in [0.29, 0.717) is 23.6 Å². The van der Waals surface area contributed by atoms with Gasteiger partial charge >= 0.3 is 0 Å². The maximum atomic E-state index is 12.5. The van der Waals surface area contributed by atoms with Crippen LogP contribution in [0.15, 0.2) is 97.5 Å². The lowest BCUT2D eigenvalue weighted by atomic mass is 10.0. The van der Waals surface area contributed by atoms with Gasteiger partial charge in [0.2, 0.25) is 11.9 Å². The summed E-state index contributed by atoms with van der Waals surface area (Å²) in [7, 11) is 0. The molecule has 0 aliphatic heterocycles. The molecule has 4 aromatic rings. The van der Waals surface area contributed by atoms with E-state index in [1.165, 1.54) is 18.6 Å². The van der Waals surface area contributed by atoms with Gasteiger partial charge in [0, 0.05) is 11.6 Å². The molecule has 0 saturated heterocycles. The van der Waals surface area contributed by atoms with Crippen LogP contribution >= 0.6 is 0 Å². The fourth-order valence-electron chi connectivity index (χ4n) is 2.99. The predicted octanol–water partition coefficient (Wildman–Crippen LogP) is 3.87. The molecule has 0 amide bonds. The molecule has 2 heterocycles. The molecule has 0 saturated carbocycles. The summed E-state index contributed by atoms with van der Waals surface area (Å²) in [4.78, 5) is 0. The predicted molar refractivity (Wildman–Crippen MR) is 106 cm³/mol. The van der Waals surface area contributed by atoms with Gasteiger partial charge < -0.3 is 15.2 Å². The SMILES string of the molecule is [O-][n+]1cc(-c2ccccc2)cc(-c2ccc(OCc3ccccc3)c[n+]2[O-])c1. The molecule has 0 aliphatic rings. The van der Waals surface area contributed by atoms with Crippen molar-refractivity contribution in [2.24, 2.45) is 0 Å². The fraction of sp³-hybridized carbons (Fsp3) is 0.0435. The zero-order chi connectivity index (χ0) is 19.3. The van der Waals surface area contributed by atoms with E-state index in [4.69, 9.17) is 4.74 Å². The highest BCUT2D eigenvalue weighted by Crippen LogP contribution is 2.24. The Balaban J connectivity index is 1.60. The monoisotopic (exact) mass is 370 g/mol. The number of aromatic nitrogens is 2. The maximum absolute atomic E-state index is 12.5. The summed E-state index contributed by atoms with van der Waals surface area (Å²) in [6.07, 6.45) is 4.26. The van der Waals surface area contributed by atoms with Gasteiger partial charge in [0.25, 0.3) is 0 Å². The quantitative estimate of drug-likeness (QED) is 0.396. The van der Waals surface area contributed by atoms with Crippen LogP contribution in [0.2, 0.25) is 0 Å². The third kappa shape index (κ3) is 3.94. The molecule has 4 rings (SSSR count). The molecule has 0 atom stereocenters. The maximum Gasteiger partial charge on any atom is 0.230 e. The zero-order valence-electron chi connectivity index (χ0n) is 15.1. The van der Waals surface area contributed by atoms with E-state index in [9.17, 15) is 10.4 Å². The average molecular weight is 370 g/mol. The number of ether oxygens (including phenoxy) is 1.